The monoisotopic (exact) mass is 328 g/mol. The largest absolute Gasteiger partial charge is 0.461 e. The number of hydrogen-bond acceptors (Lipinski definition) is 4. The first-order valence-corrected chi connectivity index (χ1v) is 6.91. The van der Waals surface area contributed by atoms with Gasteiger partial charge >= 0.3 is 12.1 Å². The molecule has 0 spiro atoms. The van der Waals surface area contributed by atoms with Gasteiger partial charge in [-0.3, -0.25) is 4.79 Å². The third-order valence-electron chi connectivity index (χ3n) is 3.54. The van der Waals surface area contributed by atoms with Crippen molar-refractivity contribution in [2.45, 2.75) is 32.0 Å². The zero-order valence-corrected chi connectivity index (χ0v) is 12.6. The molecule has 1 unspecified atom stereocenters. The predicted octanol–water partition coefficient (Wildman–Crippen LogP) is 2.62. The Morgan fingerprint density at radius 2 is 1.91 bits per heavy atom. The Morgan fingerprint density at radius 3 is 2.39 bits per heavy atom. The number of benzene rings is 1. The first-order valence-electron chi connectivity index (χ1n) is 6.91. The van der Waals surface area contributed by atoms with Gasteiger partial charge in [0, 0.05) is 13.3 Å². The quantitative estimate of drug-likeness (QED) is 0.802. The Labute approximate surface area is 130 Å². The third-order valence-corrected chi connectivity index (χ3v) is 3.54. The highest BCUT2D eigenvalue weighted by Crippen LogP contribution is 2.49. The molecule has 0 saturated carbocycles. The van der Waals surface area contributed by atoms with Crippen molar-refractivity contribution in [3.05, 3.63) is 35.9 Å². The molecule has 0 aliphatic carbocycles. The SMILES string of the molecule is CCOC(=O)C1=NN(C(C)=O)C(c2ccccc2)(C(F)(F)F)C1. The summed E-state index contributed by atoms with van der Waals surface area (Å²) in [7, 11) is 0. The topological polar surface area (TPSA) is 59.0 Å². The first kappa shape index (κ1) is 17.0. The second-order valence-corrected chi connectivity index (χ2v) is 5.00. The van der Waals surface area contributed by atoms with Crippen LogP contribution in [-0.2, 0) is 19.9 Å². The molecule has 1 amide bonds. The molecule has 2 rings (SSSR count). The van der Waals surface area contributed by atoms with Gasteiger partial charge in [0.15, 0.2) is 5.54 Å². The van der Waals surface area contributed by atoms with Crippen LogP contribution in [0.25, 0.3) is 0 Å². The van der Waals surface area contributed by atoms with Crippen molar-refractivity contribution in [3.8, 4) is 0 Å². The predicted molar refractivity (Wildman–Crippen MR) is 75.4 cm³/mol. The summed E-state index contributed by atoms with van der Waals surface area (Å²) < 4.78 is 46.5. The highest BCUT2D eigenvalue weighted by molar-refractivity contribution is 6.37. The first-order chi connectivity index (χ1) is 10.7. The van der Waals surface area contributed by atoms with Crippen molar-refractivity contribution < 1.29 is 27.5 Å². The van der Waals surface area contributed by atoms with E-state index in [9.17, 15) is 22.8 Å². The van der Waals surface area contributed by atoms with Crippen molar-refractivity contribution in [2.75, 3.05) is 6.61 Å². The number of nitrogens with zero attached hydrogens (tertiary/aromatic N) is 2. The molecule has 0 N–H and O–H groups in total. The Balaban J connectivity index is 2.59. The summed E-state index contributed by atoms with van der Waals surface area (Å²) in [6.07, 6.45) is -5.60. The lowest BCUT2D eigenvalue weighted by Gasteiger charge is -2.37. The van der Waals surface area contributed by atoms with Gasteiger partial charge in [-0.15, -0.1) is 0 Å². The van der Waals surface area contributed by atoms with Crippen LogP contribution < -0.4 is 0 Å². The molecule has 23 heavy (non-hydrogen) atoms. The van der Waals surface area contributed by atoms with Gasteiger partial charge in [-0.2, -0.15) is 18.3 Å². The van der Waals surface area contributed by atoms with Crippen molar-refractivity contribution in [1.29, 1.82) is 0 Å². The van der Waals surface area contributed by atoms with Gasteiger partial charge in [0.1, 0.15) is 5.71 Å². The molecule has 1 aromatic rings. The van der Waals surface area contributed by atoms with Gasteiger partial charge < -0.3 is 4.74 Å². The lowest BCUT2D eigenvalue weighted by atomic mass is 9.84. The van der Waals surface area contributed by atoms with Gasteiger partial charge in [0.05, 0.1) is 6.61 Å². The van der Waals surface area contributed by atoms with E-state index in [2.05, 4.69) is 5.10 Å². The average Bonchev–Trinajstić information content (AvgIpc) is 2.90. The zero-order valence-electron chi connectivity index (χ0n) is 12.6. The number of hydrogen-bond donors (Lipinski definition) is 0. The maximum absolute atomic E-state index is 13.9. The van der Waals surface area contributed by atoms with Crippen LogP contribution in [0, 0.1) is 0 Å². The summed E-state index contributed by atoms with van der Waals surface area (Å²) in [6, 6.07) is 6.95. The maximum Gasteiger partial charge on any atom is 0.418 e. The summed E-state index contributed by atoms with van der Waals surface area (Å²) in [6.45, 7) is 2.51. The fourth-order valence-electron chi connectivity index (χ4n) is 2.55. The molecule has 1 aromatic carbocycles. The van der Waals surface area contributed by atoms with Gasteiger partial charge in [-0.05, 0) is 12.5 Å². The Hall–Kier alpha value is -2.38. The lowest BCUT2D eigenvalue weighted by Crippen LogP contribution is -2.53. The van der Waals surface area contributed by atoms with E-state index in [1.807, 2.05) is 0 Å². The molecule has 0 radical (unpaired) electrons. The molecule has 8 heteroatoms. The molecule has 5 nitrogen and oxygen atoms in total. The van der Waals surface area contributed by atoms with E-state index in [4.69, 9.17) is 4.74 Å². The molecule has 0 aromatic heterocycles. The number of carbonyl (C=O) groups excluding carboxylic acids is 2. The smallest absolute Gasteiger partial charge is 0.418 e. The number of halogens is 3. The van der Waals surface area contributed by atoms with E-state index < -0.39 is 35.7 Å². The molecule has 1 heterocycles. The van der Waals surface area contributed by atoms with E-state index in [1.54, 1.807) is 6.07 Å². The number of amides is 1. The minimum Gasteiger partial charge on any atom is -0.461 e. The lowest BCUT2D eigenvalue weighted by molar-refractivity contribution is -0.231. The van der Waals surface area contributed by atoms with Gasteiger partial charge in [-0.1, -0.05) is 30.3 Å². The molecule has 0 saturated heterocycles. The van der Waals surface area contributed by atoms with Crippen LogP contribution in [0.5, 0.6) is 0 Å². The van der Waals surface area contributed by atoms with Gasteiger partial charge in [-0.25, -0.2) is 9.80 Å². The third kappa shape index (κ3) is 2.80. The maximum atomic E-state index is 13.9. The number of esters is 1. The Bertz CT molecular complexity index is 643. The molecule has 0 bridgehead atoms. The molecular formula is C15H15F3N2O3. The van der Waals surface area contributed by atoms with Gasteiger partial charge in [0.25, 0.3) is 0 Å². The van der Waals surface area contributed by atoms with Crippen molar-refractivity contribution >= 4 is 17.6 Å². The van der Waals surface area contributed by atoms with Crippen LogP contribution in [0.15, 0.2) is 35.4 Å². The van der Waals surface area contributed by atoms with Crippen molar-refractivity contribution in [1.82, 2.24) is 5.01 Å². The second kappa shape index (κ2) is 6.02. The zero-order chi connectivity index (χ0) is 17.3. The summed E-state index contributed by atoms with van der Waals surface area (Å²) >= 11 is 0. The van der Waals surface area contributed by atoms with E-state index in [0.29, 0.717) is 5.01 Å². The summed E-state index contributed by atoms with van der Waals surface area (Å²) in [5, 5.41) is 3.94. The number of rotatable bonds is 3. The molecule has 1 aliphatic heterocycles. The molecular weight excluding hydrogens is 313 g/mol. The number of hydrazone groups is 1. The van der Waals surface area contributed by atoms with E-state index in [0.717, 1.165) is 6.92 Å². The molecule has 124 valence electrons. The highest BCUT2D eigenvalue weighted by Gasteiger charge is 2.65. The highest BCUT2D eigenvalue weighted by atomic mass is 19.4. The van der Waals surface area contributed by atoms with Crippen molar-refractivity contribution in [2.24, 2.45) is 5.10 Å². The number of ether oxygens (including phenoxy) is 1. The van der Waals surface area contributed by atoms with Crippen LogP contribution in [0.3, 0.4) is 0 Å². The van der Waals surface area contributed by atoms with Crippen LogP contribution in [0.4, 0.5) is 13.2 Å². The van der Waals surface area contributed by atoms with Crippen molar-refractivity contribution in [3.63, 3.8) is 0 Å². The Morgan fingerprint density at radius 1 is 1.30 bits per heavy atom. The summed E-state index contributed by atoms with van der Waals surface area (Å²) in [4.78, 5) is 23.6. The minimum atomic E-state index is -4.82. The molecule has 1 atom stereocenters. The number of alkyl halides is 3. The average molecular weight is 328 g/mol. The fraction of sp³-hybridized carbons (Fsp3) is 0.400. The Kier molecular flexibility index (Phi) is 4.44. The van der Waals surface area contributed by atoms with E-state index in [1.165, 1.54) is 31.2 Å². The molecule has 1 aliphatic rings. The number of carbonyl (C=O) groups is 2. The van der Waals surface area contributed by atoms with Crippen LogP contribution in [-0.4, -0.2) is 35.4 Å². The van der Waals surface area contributed by atoms with E-state index >= 15 is 0 Å². The van der Waals surface area contributed by atoms with Gasteiger partial charge in [0.2, 0.25) is 5.91 Å². The van der Waals surface area contributed by atoms with Crippen LogP contribution in [0.1, 0.15) is 25.8 Å². The summed E-state index contributed by atoms with van der Waals surface area (Å²) in [5.74, 6) is -1.87. The fourth-order valence-corrected chi connectivity index (χ4v) is 2.55. The standard InChI is InChI=1S/C15H15F3N2O3/c1-3-23-13(22)12-9-14(15(16,17)18,20(19-12)10(2)21)11-7-5-4-6-8-11/h4-8H,3,9H2,1-2H3. The minimum absolute atomic E-state index is 0.00226. The van der Waals surface area contributed by atoms with Crippen LogP contribution >= 0.6 is 0 Å². The van der Waals surface area contributed by atoms with Crippen LogP contribution in [0.2, 0.25) is 0 Å². The summed E-state index contributed by atoms with van der Waals surface area (Å²) in [5.41, 5.74) is -3.30. The second-order valence-electron chi connectivity index (χ2n) is 5.00. The van der Waals surface area contributed by atoms with E-state index in [-0.39, 0.29) is 12.2 Å². The normalized spacial score (nSPS) is 21.1. The molecule has 0 fully saturated rings.